The lowest BCUT2D eigenvalue weighted by Gasteiger charge is -2.12. The summed E-state index contributed by atoms with van der Waals surface area (Å²) >= 11 is 0. The van der Waals surface area contributed by atoms with Crippen molar-refractivity contribution in [1.82, 2.24) is 0 Å². The summed E-state index contributed by atoms with van der Waals surface area (Å²) in [5.74, 6) is 0.791. The van der Waals surface area contributed by atoms with Crippen LogP contribution in [-0.2, 0) is 0 Å². The number of hydrogen-bond donors (Lipinski definition) is 0. The minimum atomic E-state index is -0.244. The van der Waals surface area contributed by atoms with Crippen molar-refractivity contribution in [2.24, 2.45) is 0 Å². The minimum Gasteiger partial charge on any atom is -0.497 e. The summed E-state index contributed by atoms with van der Waals surface area (Å²) in [5.41, 5.74) is 1.02. The lowest BCUT2D eigenvalue weighted by atomic mass is 9.94. The summed E-state index contributed by atoms with van der Waals surface area (Å²) in [4.78, 5) is 10.4. The maximum atomic E-state index is 10.7. The number of benzene rings is 2. The second-order valence-corrected chi connectivity index (χ2v) is 4.59. The highest BCUT2D eigenvalue weighted by Gasteiger charge is 2.15. The van der Waals surface area contributed by atoms with Crippen molar-refractivity contribution in [3.8, 4) is 5.75 Å². The zero-order valence-electron chi connectivity index (χ0n) is 11.1. The van der Waals surface area contributed by atoms with Gasteiger partial charge in [-0.1, -0.05) is 31.2 Å². The van der Waals surface area contributed by atoms with Crippen molar-refractivity contribution < 1.29 is 9.66 Å². The third-order valence-corrected chi connectivity index (χ3v) is 3.41. The maximum absolute atomic E-state index is 10.7. The highest BCUT2D eigenvalue weighted by molar-refractivity contribution is 5.84. The summed E-state index contributed by atoms with van der Waals surface area (Å²) in [6.45, 7) is 1.96. The summed E-state index contributed by atoms with van der Waals surface area (Å²) in [6, 6.07) is 11.9. The van der Waals surface area contributed by atoms with Crippen LogP contribution in [0.3, 0.4) is 0 Å². The Morgan fingerprint density at radius 2 is 1.89 bits per heavy atom. The van der Waals surface area contributed by atoms with Gasteiger partial charge >= 0.3 is 0 Å². The van der Waals surface area contributed by atoms with Gasteiger partial charge in [-0.2, -0.15) is 0 Å². The van der Waals surface area contributed by atoms with Crippen LogP contribution in [0.1, 0.15) is 24.8 Å². The first-order valence-corrected chi connectivity index (χ1v) is 6.33. The van der Waals surface area contributed by atoms with Gasteiger partial charge in [-0.3, -0.25) is 10.1 Å². The predicted octanol–water partition coefficient (Wildman–Crippen LogP) is 3.62. The molecule has 4 nitrogen and oxygen atoms in total. The molecule has 19 heavy (non-hydrogen) atoms. The van der Waals surface area contributed by atoms with Crippen LogP contribution >= 0.6 is 0 Å². The van der Waals surface area contributed by atoms with Crippen molar-refractivity contribution >= 4 is 10.8 Å². The normalized spacial score (nSPS) is 12.3. The van der Waals surface area contributed by atoms with E-state index in [9.17, 15) is 10.1 Å². The average molecular weight is 259 g/mol. The van der Waals surface area contributed by atoms with Gasteiger partial charge in [0.15, 0.2) is 0 Å². The largest absolute Gasteiger partial charge is 0.497 e. The minimum absolute atomic E-state index is 0.0157. The summed E-state index contributed by atoms with van der Waals surface area (Å²) in [5, 5.41) is 12.8. The van der Waals surface area contributed by atoms with Gasteiger partial charge in [0.2, 0.25) is 6.54 Å². The third kappa shape index (κ3) is 3.02. The van der Waals surface area contributed by atoms with Crippen molar-refractivity contribution in [2.45, 2.75) is 19.3 Å². The van der Waals surface area contributed by atoms with Crippen molar-refractivity contribution in [3.63, 3.8) is 0 Å². The van der Waals surface area contributed by atoms with E-state index in [-0.39, 0.29) is 17.4 Å². The maximum Gasteiger partial charge on any atom is 0.210 e. The van der Waals surface area contributed by atoms with Crippen LogP contribution in [0.2, 0.25) is 0 Å². The second-order valence-electron chi connectivity index (χ2n) is 4.59. The summed E-state index contributed by atoms with van der Waals surface area (Å²) < 4.78 is 5.18. The van der Waals surface area contributed by atoms with E-state index >= 15 is 0 Å². The Kier molecular flexibility index (Phi) is 4.00. The SMILES string of the molecule is CCC(C[N+](=O)[O-])c1ccc2cc(OC)ccc2c1. The molecule has 2 aromatic carbocycles. The predicted molar refractivity (Wildman–Crippen MR) is 75.4 cm³/mol. The smallest absolute Gasteiger partial charge is 0.210 e. The quantitative estimate of drug-likeness (QED) is 0.608. The fourth-order valence-electron chi connectivity index (χ4n) is 2.27. The van der Waals surface area contributed by atoms with E-state index in [2.05, 4.69) is 0 Å². The molecule has 2 rings (SSSR count). The zero-order valence-corrected chi connectivity index (χ0v) is 11.1. The Labute approximate surface area is 112 Å². The molecule has 0 fully saturated rings. The standard InChI is InChI=1S/C15H17NO3/c1-3-11(10-16(17)18)12-4-5-14-9-15(19-2)7-6-13(14)8-12/h4-9,11H,3,10H2,1-2H3. The number of methoxy groups -OCH3 is 1. The van der Waals surface area contributed by atoms with Gasteiger partial charge in [-0.05, 0) is 34.9 Å². The van der Waals surface area contributed by atoms with E-state index < -0.39 is 0 Å². The highest BCUT2D eigenvalue weighted by Crippen LogP contribution is 2.26. The lowest BCUT2D eigenvalue weighted by Crippen LogP contribution is -2.11. The van der Waals surface area contributed by atoms with Crippen molar-refractivity contribution in [1.29, 1.82) is 0 Å². The van der Waals surface area contributed by atoms with Gasteiger partial charge in [0.1, 0.15) is 5.75 Å². The molecule has 0 bridgehead atoms. The topological polar surface area (TPSA) is 52.4 Å². The Morgan fingerprint density at radius 1 is 1.21 bits per heavy atom. The van der Waals surface area contributed by atoms with Crippen LogP contribution in [0.5, 0.6) is 5.75 Å². The molecule has 0 aliphatic heterocycles. The number of ether oxygens (including phenoxy) is 1. The summed E-state index contributed by atoms with van der Waals surface area (Å²) in [7, 11) is 1.64. The van der Waals surface area contributed by atoms with Gasteiger partial charge in [0.25, 0.3) is 0 Å². The molecule has 1 atom stereocenters. The highest BCUT2D eigenvalue weighted by atomic mass is 16.6. The fourth-order valence-corrected chi connectivity index (χ4v) is 2.27. The lowest BCUT2D eigenvalue weighted by molar-refractivity contribution is -0.483. The Morgan fingerprint density at radius 3 is 2.53 bits per heavy atom. The van der Waals surface area contributed by atoms with Gasteiger partial charge < -0.3 is 4.74 Å². The third-order valence-electron chi connectivity index (χ3n) is 3.41. The van der Waals surface area contributed by atoms with Crippen LogP contribution in [-0.4, -0.2) is 18.6 Å². The molecule has 0 amide bonds. The first kappa shape index (κ1) is 13.3. The molecule has 0 saturated carbocycles. The first-order valence-electron chi connectivity index (χ1n) is 6.33. The van der Waals surface area contributed by atoms with E-state index in [1.165, 1.54) is 0 Å². The molecular formula is C15H17NO3. The van der Waals surface area contributed by atoms with Gasteiger partial charge in [0, 0.05) is 10.8 Å². The molecule has 0 heterocycles. The number of nitro groups is 1. The molecule has 1 unspecified atom stereocenters. The van der Waals surface area contributed by atoms with Gasteiger partial charge in [-0.25, -0.2) is 0 Å². The second kappa shape index (κ2) is 5.69. The molecule has 0 saturated heterocycles. The van der Waals surface area contributed by atoms with E-state index in [1.54, 1.807) is 7.11 Å². The van der Waals surface area contributed by atoms with E-state index in [4.69, 9.17) is 4.74 Å². The molecule has 0 spiro atoms. The molecule has 0 aliphatic rings. The number of fused-ring (bicyclic) bond motifs is 1. The van der Waals surface area contributed by atoms with E-state index in [0.29, 0.717) is 0 Å². The first-order chi connectivity index (χ1) is 9.13. The monoisotopic (exact) mass is 259 g/mol. The van der Waals surface area contributed by atoms with Crippen LogP contribution in [0, 0.1) is 10.1 Å². The average Bonchev–Trinajstić information content (AvgIpc) is 2.43. The Bertz CT molecular complexity index is 595. The zero-order chi connectivity index (χ0) is 13.8. The van der Waals surface area contributed by atoms with Crippen LogP contribution in [0.25, 0.3) is 10.8 Å². The Balaban J connectivity index is 2.37. The van der Waals surface area contributed by atoms with Crippen LogP contribution < -0.4 is 4.74 Å². The molecule has 2 aromatic rings. The van der Waals surface area contributed by atoms with Crippen molar-refractivity contribution in [3.05, 3.63) is 52.1 Å². The number of rotatable bonds is 5. The molecule has 0 N–H and O–H groups in total. The summed E-state index contributed by atoms with van der Waals surface area (Å²) in [6.07, 6.45) is 0.767. The molecule has 0 radical (unpaired) electrons. The Hall–Kier alpha value is -2.10. The number of hydrogen-bond acceptors (Lipinski definition) is 3. The van der Waals surface area contributed by atoms with Crippen molar-refractivity contribution in [2.75, 3.05) is 13.7 Å². The molecular weight excluding hydrogens is 242 g/mol. The fraction of sp³-hybridized carbons (Fsp3) is 0.333. The van der Waals surface area contributed by atoms with Crippen LogP contribution in [0.15, 0.2) is 36.4 Å². The van der Waals surface area contributed by atoms with Gasteiger partial charge in [0.05, 0.1) is 7.11 Å². The number of nitrogens with zero attached hydrogens (tertiary/aromatic N) is 1. The molecule has 100 valence electrons. The van der Waals surface area contributed by atoms with E-state index in [1.807, 2.05) is 43.3 Å². The van der Waals surface area contributed by atoms with Crippen LogP contribution in [0.4, 0.5) is 0 Å². The molecule has 0 aliphatic carbocycles. The molecule has 0 aromatic heterocycles. The molecule has 4 heteroatoms. The van der Waals surface area contributed by atoms with Gasteiger partial charge in [-0.15, -0.1) is 0 Å². The van der Waals surface area contributed by atoms with E-state index in [0.717, 1.165) is 28.5 Å².